The monoisotopic (exact) mass is 310 g/mol. The van der Waals surface area contributed by atoms with Crippen LogP contribution in [0.25, 0.3) is 11.2 Å². The van der Waals surface area contributed by atoms with Gasteiger partial charge in [0.05, 0.1) is 5.75 Å². The fourth-order valence-corrected chi connectivity index (χ4v) is 2.59. The SMILES string of the molecule is N#Cc1nc2nc(SCC(=O)c3ccccc3)nc(N)c2[nH]1. The van der Waals surface area contributed by atoms with Gasteiger partial charge in [0, 0.05) is 5.56 Å². The van der Waals surface area contributed by atoms with Gasteiger partial charge in [-0.2, -0.15) is 10.2 Å². The fraction of sp³-hybridized carbons (Fsp3) is 0.0714. The maximum Gasteiger partial charge on any atom is 0.212 e. The van der Waals surface area contributed by atoms with E-state index in [1.165, 1.54) is 11.8 Å². The summed E-state index contributed by atoms with van der Waals surface area (Å²) in [7, 11) is 0. The summed E-state index contributed by atoms with van der Waals surface area (Å²) in [6, 6.07) is 10.9. The summed E-state index contributed by atoms with van der Waals surface area (Å²) in [6.45, 7) is 0. The quantitative estimate of drug-likeness (QED) is 0.428. The molecule has 108 valence electrons. The molecule has 0 aliphatic carbocycles. The first-order chi connectivity index (χ1) is 10.7. The van der Waals surface area contributed by atoms with E-state index in [4.69, 9.17) is 11.0 Å². The van der Waals surface area contributed by atoms with Crippen molar-refractivity contribution >= 4 is 34.5 Å². The first-order valence-electron chi connectivity index (χ1n) is 6.32. The molecule has 0 amide bonds. The van der Waals surface area contributed by atoms with E-state index in [1.54, 1.807) is 12.1 Å². The van der Waals surface area contributed by atoms with Crippen molar-refractivity contribution in [1.82, 2.24) is 19.9 Å². The molecule has 0 unspecified atom stereocenters. The zero-order chi connectivity index (χ0) is 15.5. The van der Waals surface area contributed by atoms with Gasteiger partial charge in [-0.05, 0) is 0 Å². The smallest absolute Gasteiger partial charge is 0.212 e. The second kappa shape index (κ2) is 5.83. The van der Waals surface area contributed by atoms with Gasteiger partial charge in [-0.1, -0.05) is 42.1 Å². The van der Waals surface area contributed by atoms with E-state index in [0.29, 0.717) is 21.9 Å². The number of benzene rings is 1. The number of H-pyrrole nitrogens is 1. The molecule has 0 saturated heterocycles. The van der Waals surface area contributed by atoms with Crippen molar-refractivity contribution in [2.75, 3.05) is 11.5 Å². The van der Waals surface area contributed by atoms with E-state index in [1.807, 2.05) is 24.3 Å². The van der Waals surface area contributed by atoms with Crippen LogP contribution in [0.5, 0.6) is 0 Å². The summed E-state index contributed by atoms with van der Waals surface area (Å²) in [6.07, 6.45) is 0. The standard InChI is InChI=1S/C14H10N6OS/c15-6-10-17-11-12(16)19-14(20-13(11)18-10)22-7-9(21)8-4-2-1-3-5-8/h1-5H,7H2,(H3,16,17,18,19,20). The number of Topliss-reactive ketones (excluding diaryl/α,β-unsaturated/α-hetero) is 1. The van der Waals surface area contributed by atoms with E-state index in [9.17, 15) is 4.79 Å². The number of carbonyl (C=O) groups excluding carboxylic acids is 1. The van der Waals surface area contributed by atoms with Crippen LogP contribution in [-0.4, -0.2) is 31.5 Å². The molecule has 0 atom stereocenters. The van der Waals surface area contributed by atoms with Gasteiger partial charge in [0.25, 0.3) is 0 Å². The first kappa shape index (κ1) is 14.0. The van der Waals surface area contributed by atoms with Gasteiger partial charge in [0.1, 0.15) is 11.6 Å². The molecule has 0 saturated carbocycles. The molecule has 22 heavy (non-hydrogen) atoms. The molecule has 3 aromatic rings. The largest absolute Gasteiger partial charge is 0.382 e. The lowest BCUT2D eigenvalue weighted by molar-refractivity contribution is 0.102. The van der Waals surface area contributed by atoms with Crippen LogP contribution in [0.4, 0.5) is 5.82 Å². The molecule has 0 fully saturated rings. The van der Waals surface area contributed by atoms with Crippen molar-refractivity contribution in [3.63, 3.8) is 0 Å². The maximum absolute atomic E-state index is 12.0. The van der Waals surface area contributed by atoms with Crippen molar-refractivity contribution in [2.24, 2.45) is 0 Å². The summed E-state index contributed by atoms with van der Waals surface area (Å²) in [4.78, 5) is 27.1. The normalized spacial score (nSPS) is 10.5. The molecule has 3 N–H and O–H groups in total. The fourth-order valence-electron chi connectivity index (χ4n) is 1.85. The number of nitrogen functional groups attached to an aromatic ring is 1. The number of fused-ring (bicyclic) bond motifs is 1. The third-order valence-electron chi connectivity index (χ3n) is 2.89. The Bertz CT molecular complexity index is 883. The summed E-state index contributed by atoms with van der Waals surface area (Å²) in [5.41, 5.74) is 7.19. The topological polar surface area (TPSA) is 121 Å². The van der Waals surface area contributed by atoms with Gasteiger partial charge in [-0.3, -0.25) is 4.79 Å². The van der Waals surface area contributed by atoms with Crippen LogP contribution >= 0.6 is 11.8 Å². The number of nitrogens with two attached hydrogens (primary N) is 1. The molecule has 0 radical (unpaired) electrons. The second-order valence-electron chi connectivity index (χ2n) is 4.37. The summed E-state index contributed by atoms with van der Waals surface area (Å²) < 4.78 is 0. The lowest BCUT2D eigenvalue weighted by Gasteiger charge is -2.02. The zero-order valence-electron chi connectivity index (χ0n) is 11.3. The van der Waals surface area contributed by atoms with E-state index in [2.05, 4.69) is 19.9 Å². The Balaban J connectivity index is 1.80. The number of nitriles is 1. The van der Waals surface area contributed by atoms with Crippen molar-refractivity contribution in [3.8, 4) is 6.07 Å². The molecule has 2 aromatic heterocycles. The van der Waals surface area contributed by atoms with Gasteiger partial charge >= 0.3 is 0 Å². The molecule has 2 heterocycles. The number of hydrogen-bond acceptors (Lipinski definition) is 7. The first-order valence-corrected chi connectivity index (χ1v) is 7.30. The van der Waals surface area contributed by atoms with Gasteiger partial charge in [0.2, 0.25) is 5.82 Å². The number of anilines is 1. The van der Waals surface area contributed by atoms with Crippen LogP contribution in [0.1, 0.15) is 16.2 Å². The minimum absolute atomic E-state index is 0.0207. The van der Waals surface area contributed by atoms with Crippen LogP contribution in [0.2, 0.25) is 0 Å². The van der Waals surface area contributed by atoms with Crippen molar-refractivity contribution in [1.29, 1.82) is 5.26 Å². The molecule has 0 aliphatic rings. The number of hydrogen-bond donors (Lipinski definition) is 2. The van der Waals surface area contributed by atoms with Crippen LogP contribution in [0.15, 0.2) is 35.5 Å². The number of carbonyl (C=O) groups is 1. The van der Waals surface area contributed by atoms with Crippen molar-refractivity contribution < 1.29 is 4.79 Å². The lowest BCUT2D eigenvalue weighted by atomic mass is 10.2. The average Bonchev–Trinajstić information content (AvgIpc) is 2.97. The predicted molar refractivity (Wildman–Crippen MR) is 82.3 cm³/mol. The van der Waals surface area contributed by atoms with Crippen molar-refractivity contribution in [2.45, 2.75) is 5.16 Å². The third kappa shape index (κ3) is 2.75. The number of nitrogens with zero attached hydrogens (tertiary/aromatic N) is 4. The number of ketones is 1. The molecule has 8 heteroatoms. The van der Waals surface area contributed by atoms with Gasteiger partial charge in [0.15, 0.2) is 22.4 Å². The molecule has 7 nitrogen and oxygen atoms in total. The van der Waals surface area contributed by atoms with Gasteiger partial charge < -0.3 is 10.7 Å². The maximum atomic E-state index is 12.0. The van der Waals surface area contributed by atoms with Crippen molar-refractivity contribution in [3.05, 3.63) is 41.7 Å². The summed E-state index contributed by atoms with van der Waals surface area (Å²) in [5.74, 6) is 0.504. The number of nitrogens with one attached hydrogen (secondary N) is 1. The molecule has 0 spiro atoms. The van der Waals surface area contributed by atoms with Crippen LogP contribution in [-0.2, 0) is 0 Å². The van der Waals surface area contributed by atoms with Crippen LogP contribution < -0.4 is 5.73 Å². The molecule has 0 bridgehead atoms. The zero-order valence-corrected chi connectivity index (χ0v) is 12.1. The predicted octanol–water partition coefficient (Wildman–Crippen LogP) is 1.78. The molecular formula is C14H10N6OS. The van der Waals surface area contributed by atoms with Gasteiger partial charge in [-0.15, -0.1) is 0 Å². The number of aromatic nitrogens is 4. The van der Waals surface area contributed by atoms with E-state index in [0.717, 1.165) is 0 Å². The Labute approximate surface area is 129 Å². The number of thioether (sulfide) groups is 1. The third-order valence-corrected chi connectivity index (χ3v) is 3.74. The molecule has 3 rings (SSSR count). The van der Waals surface area contributed by atoms with Gasteiger partial charge in [-0.25, -0.2) is 9.97 Å². The van der Waals surface area contributed by atoms with E-state index < -0.39 is 0 Å². The molecular weight excluding hydrogens is 300 g/mol. The van der Waals surface area contributed by atoms with E-state index in [-0.39, 0.29) is 23.2 Å². The minimum Gasteiger partial charge on any atom is -0.382 e. The number of aromatic amines is 1. The Morgan fingerprint density at radius 2 is 2.05 bits per heavy atom. The Hall–Kier alpha value is -2.92. The number of rotatable bonds is 4. The molecule has 0 aliphatic heterocycles. The summed E-state index contributed by atoms with van der Waals surface area (Å²) >= 11 is 1.18. The Morgan fingerprint density at radius 3 is 2.77 bits per heavy atom. The Morgan fingerprint density at radius 1 is 1.27 bits per heavy atom. The van der Waals surface area contributed by atoms with E-state index >= 15 is 0 Å². The molecule has 1 aromatic carbocycles. The highest BCUT2D eigenvalue weighted by Crippen LogP contribution is 2.21. The number of imidazole rings is 1. The minimum atomic E-state index is -0.0207. The Kier molecular flexibility index (Phi) is 3.72. The van der Waals surface area contributed by atoms with Crippen LogP contribution in [0, 0.1) is 11.3 Å². The second-order valence-corrected chi connectivity index (χ2v) is 5.31. The highest BCUT2D eigenvalue weighted by Gasteiger charge is 2.12. The van der Waals surface area contributed by atoms with Crippen LogP contribution in [0.3, 0.4) is 0 Å². The highest BCUT2D eigenvalue weighted by molar-refractivity contribution is 7.99. The highest BCUT2D eigenvalue weighted by atomic mass is 32.2. The summed E-state index contributed by atoms with van der Waals surface area (Å²) in [5, 5.41) is 9.17. The average molecular weight is 310 g/mol. The lowest BCUT2D eigenvalue weighted by Crippen LogP contribution is -2.03.